The number of rotatable bonds is 2. The fraction of sp³-hybridized carbons (Fsp3) is 0.333. The highest BCUT2D eigenvalue weighted by Crippen LogP contribution is 1.99. The number of carbonyl (C=O) groups excluding carboxylic acids is 2. The predicted molar refractivity (Wildman–Crippen MR) is 46.3 cm³/mol. The summed E-state index contributed by atoms with van der Waals surface area (Å²) in [5.41, 5.74) is 5.28. The molecule has 0 bridgehead atoms. The van der Waals surface area contributed by atoms with Crippen molar-refractivity contribution < 1.29 is 9.59 Å². The zero-order valence-corrected chi connectivity index (χ0v) is 7.72. The van der Waals surface area contributed by atoms with Gasteiger partial charge in [-0.2, -0.15) is 4.68 Å². The Labute approximate surface area is 77.5 Å². The molecule has 0 saturated heterocycles. The van der Waals surface area contributed by atoms with Crippen LogP contribution in [0.4, 0.5) is 5.13 Å². The number of nitrogen functional groups attached to an aromatic ring is 1. The number of nitrogens with one attached hydrogen (secondary N) is 1. The average molecular weight is 200 g/mol. The first-order chi connectivity index (χ1) is 6.00. The van der Waals surface area contributed by atoms with E-state index in [1.54, 1.807) is 0 Å². The van der Waals surface area contributed by atoms with Crippen molar-refractivity contribution in [1.29, 1.82) is 5.41 Å². The Bertz CT molecular complexity index is 405. The molecule has 0 aliphatic rings. The number of ketones is 1. The maximum Gasteiger partial charge on any atom is 0.257 e. The second kappa shape index (κ2) is 3.48. The van der Waals surface area contributed by atoms with E-state index in [1.807, 2.05) is 0 Å². The molecule has 6 nitrogen and oxygen atoms in total. The molecule has 13 heavy (non-hydrogen) atoms. The van der Waals surface area contributed by atoms with Gasteiger partial charge in [0.1, 0.15) is 5.78 Å². The molecule has 1 aromatic rings. The van der Waals surface area contributed by atoms with Gasteiger partial charge in [-0.25, -0.2) is 0 Å². The number of anilines is 1. The van der Waals surface area contributed by atoms with Crippen LogP contribution < -0.4 is 10.5 Å². The molecule has 0 aliphatic heterocycles. The SMILES string of the molecule is CC(=O)CC(=O)n1nc(N)sc1=N. The van der Waals surface area contributed by atoms with E-state index in [0.29, 0.717) is 0 Å². The number of aromatic nitrogens is 2. The molecule has 0 radical (unpaired) electrons. The molecule has 0 fully saturated rings. The van der Waals surface area contributed by atoms with E-state index in [1.165, 1.54) is 6.92 Å². The lowest BCUT2D eigenvalue weighted by molar-refractivity contribution is -0.116. The van der Waals surface area contributed by atoms with Crippen LogP contribution in [0.1, 0.15) is 18.1 Å². The number of hydrogen-bond donors (Lipinski definition) is 2. The van der Waals surface area contributed by atoms with Crippen molar-refractivity contribution in [2.24, 2.45) is 0 Å². The zero-order chi connectivity index (χ0) is 10.0. The second-order valence-electron chi connectivity index (χ2n) is 2.43. The van der Waals surface area contributed by atoms with Gasteiger partial charge in [0, 0.05) is 0 Å². The molecule has 0 unspecified atom stereocenters. The molecule has 0 spiro atoms. The van der Waals surface area contributed by atoms with Crippen molar-refractivity contribution in [3.05, 3.63) is 4.80 Å². The predicted octanol–water partition coefficient (Wildman–Crippen LogP) is -0.374. The minimum atomic E-state index is -0.523. The zero-order valence-electron chi connectivity index (χ0n) is 6.90. The van der Waals surface area contributed by atoms with Gasteiger partial charge in [-0.3, -0.25) is 15.0 Å². The first-order valence-corrected chi connectivity index (χ1v) is 4.25. The summed E-state index contributed by atoms with van der Waals surface area (Å²) in [6.45, 7) is 1.30. The number of nitrogens with two attached hydrogens (primary N) is 1. The summed E-state index contributed by atoms with van der Waals surface area (Å²) in [4.78, 5) is 21.7. The normalized spacial score (nSPS) is 9.92. The smallest absolute Gasteiger partial charge is 0.257 e. The van der Waals surface area contributed by atoms with Crippen LogP contribution in [0.25, 0.3) is 0 Å². The quantitative estimate of drug-likeness (QED) is 0.635. The third-order valence-electron chi connectivity index (χ3n) is 1.23. The van der Waals surface area contributed by atoms with Gasteiger partial charge in [-0.15, -0.1) is 5.10 Å². The van der Waals surface area contributed by atoms with Crippen LogP contribution in [0.15, 0.2) is 0 Å². The summed E-state index contributed by atoms with van der Waals surface area (Å²) < 4.78 is 0.835. The van der Waals surface area contributed by atoms with E-state index in [9.17, 15) is 9.59 Å². The molecule has 0 atom stereocenters. The Morgan fingerprint density at radius 1 is 1.69 bits per heavy atom. The highest BCUT2D eigenvalue weighted by atomic mass is 32.1. The Balaban J connectivity index is 2.95. The van der Waals surface area contributed by atoms with E-state index in [-0.39, 0.29) is 22.1 Å². The van der Waals surface area contributed by atoms with Gasteiger partial charge in [0.05, 0.1) is 6.42 Å². The summed E-state index contributed by atoms with van der Waals surface area (Å²) in [6, 6.07) is 0. The molecule has 0 saturated carbocycles. The van der Waals surface area contributed by atoms with Gasteiger partial charge in [0.15, 0.2) is 0 Å². The van der Waals surface area contributed by atoms with Gasteiger partial charge >= 0.3 is 0 Å². The van der Waals surface area contributed by atoms with Gasteiger partial charge < -0.3 is 5.73 Å². The van der Waals surface area contributed by atoms with Crippen molar-refractivity contribution >= 4 is 28.2 Å². The van der Waals surface area contributed by atoms with Crippen LogP contribution in [0.5, 0.6) is 0 Å². The Morgan fingerprint density at radius 2 is 2.31 bits per heavy atom. The van der Waals surface area contributed by atoms with Crippen LogP contribution >= 0.6 is 11.3 Å². The number of Topliss-reactive ketones (excluding diaryl/α,β-unsaturated/α-hetero) is 1. The summed E-state index contributed by atoms with van der Waals surface area (Å²) in [7, 11) is 0. The third kappa shape index (κ3) is 2.22. The van der Waals surface area contributed by atoms with Crippen molar-refractivity contribution in [3.63, 3.8) is 0 Å². The monoisotopic (exact) mass is 200 g/mol. The average Bonchev–Trinajstić information content (AvgIpc) is 2.28. The molecule has 70 valence electrons. The molecule has 7 heteroatoms. The second-order valence-corrected chi connectivity index (χ2v) is 3.44. The minimum absolute atomic E-state index is 0.0660. The Kier molecular flexibility index (Phi) is 2.57. The molecule has 0 amide bonds. The summed E-state index contributed by atoms with van der Waals surface area (Å²) >= 11 is 0.889. The summed E-state index contributed by atoms with van der Waals surface area (Å²) in [6.07, 6.45) is -0.250. The van der Waals surface area contributed by atoms with Crippen molar-refractivity contribution in [3.8, 4) is 0 Å². The standard InChI is InChI=1S/C6H8N4O2S/c1-3(11)2-4(12)10-6(8)13-5(7)9-10/h8H,2H2,1H3,(H2,7,9). The van der Waals surface area contributed by atoms with Crippen molar-refractivity contribution in [1.82, 2.24) is 9.78 Å². The fourth-order valence-corrected chi connectivity index (χ4v) is 1.31. The Morgan fingerprint density at radius 3 is 2.69 bits per heavy atom. The molecule has 3 N–H and O–H groups in total. The number of carbonyl (C=O) groups is 2. The lowest BCUT2D eigenvalue weighted by Crippen LogP contribution is -2.24. The van der Waals surface area contributed by atoms with Gasteiger partial charge in [-0.1, -0.05) is 11.3 Å². The lowest BCUT2D eigenvalue weighted by atomic mass is 10.3. The van der Waals surface area contributed by atoms with E-state index in [2.05, 4.69) is 5.10 Å². The molecule has 1 rings (SSSR count). The van der Waals surface area contributed by atoms with Crippen LogP contribution in [0.2, 0.25) is 0 Å². The highest BCUT2D eigenvalue weighted by molar-refractivity contribution is 7.12. The van der Waals surface area contributed by atoms with Gasteiger partial charge in [0.2, 0.25) is 9.93 Å². The van der Waals surface area contributed by atoms with E-state index < -0.39 is 5.91 Å². The van der Waals surface area contributed by atoms with Crippen LogP contribution in [-0.2, 0) is 4.79 Å². The summed E-state index contributed by atoms with van der Waals surface area (Å²) in [5.74, 6) is -0.783. The van der Waals surface area contributed by atoms with Crippen molar-refractivity contribution in [2.75, 3.05) is 5.73 Å². The van der Waals surface area contributed by atoms with Crippen molar-refractivity contribution in [2.45, 2.75) is 13.3 Å². The maximum atomic E-state index is 11.2. The maximum absolute atomic E-state index is 11.2. The minimum Gasteiger partial charge on any atom is -0.374 e. The molecule has 0 aromatic carbocycles. The largest absolute Gasteiger partial charge is 0.374 e. The van der Waals surface area contributed by atoms with E-state index in [0.717, 1.165) is 16.0 Å². The first-order valence-electron chi connectivity index (χ1n) is 3.43. The van der Waals surface area contributed by atoms with Gasteiger partial charge in [0.25, 0.3) is 5.91 Å². The Hall–Kier alpha value is -1.50. The summed E-state index contributed by atoms with van der Waals surface area (Å²) in [5, 5.41) is 11.0. The van der Waals surface area contributed by atoms with Crippen LogP contribution in [0, 0.1) is 5.41 Å². The fourth-order valence-electron chi connectivity index (χ4n) is 0.764. The third-order valence-corrected chi connectivity index (χ3v) is 1.89. The number of nitrogens with zero attached hydrogens (tertiary/aromatic N) is 2. The highest BCUT2D eigenvalue weighted by Gasteiger charge is 2.11. The molecule has 0 aliphatic carbocycles. The molecular weight excluding hydrogens is 192 g/mol. The van der Waals surface area contributed by atoms with Crippen LogP contribution in [-0.4, -0.2) is 21.5 Å². The first kappa shape index (κ1) is 9.59. The molecule has 1 heterocycles. The number of hydrogen-bond acceptors (Lipinski definition) is 6. The topological polar surface area (TPSA) is 102 Å². The van der Waals surface area contributed by atoms with E-state index in [4.69, 9.17) is 11.1 Å². The molecule has 1 aromatic heterocycles. The van der Waals surface area contributed by atoms with Crippen LogP contribution in [0.3, 0.4) is 0 Å². The van der Waals surface area contributed by atoms with E-state index >= 15 is 0 Å². The lowest BCUT2D eigenvalue weighted by Gasteiger charge is -1.94. The molecular formula is C6H8N4O2S. The van der Waals surface area contributed by atoms with Gasteiger partial charge in [-0.05, 0) is 6.92 Å².